The van der Waals surface area contributed by atoms with Gasteiger partial charge in [-0.1, -0.05) is 6.92 Å². The zero-order chi connectivity index (χ0) is 22.5. The number of hydrogen-bond donors (Lipinski definition) is 1. The molecule has 0 radical (unpaired) electrons. The van der Waals surface area contributed by atoms with Crippen LogP contribution < -0.4 is 5.32 Å². The van der Waals surface area contributed by atoms with Crippen LogP contribution in [-0.4, -0.2) is 54.2 Å². The van der Waals surface area contributed by atoms with E-state index in [4.69, 9.17) is 4.74 Å². The van der Waals surface area contributed by atoms with E-state index in [-0.39, 0.29) is 45.3 Å². The van der Waals surface area contributed by atoms with Gasteiger partial charge in [-0.3, -0.25) is 4.79 Å². The third-order valence-corrected chi connectivity index (χ3v) is 5.02. The van der Waals surface area contributed by atoms with E-state index in [0.717, 1.165) is 4.90 Å². The molecule has 1 rings (SSSR count). The Morgan fingerprint density at radius 3 is 2.03 bits per heavy atom. The highest BCUT2D eigenvalue weighted by Gasteiger charge is 2.61. The largest absolute Gasteiger partial charge is 0.444 e. The minimum Gasteiger partial charge on any atom is -0.444 e. The van der Waals surface area contributed by atoms with E-state index in [0.29, 0.717) is 0 Å². The van der Waals surface area contributed by atoms with E-state index in [1.807, 2.05) is 0 Å². The summed E-state index contributed by atoms with van der Waals surface area (Å²) >= 11 is 0. The van der Waals surface area contributed by atoms with Crippen LogP contribution >= 0.6 is 0 Å². The number of piperidine rings is 1. The summed E-state index contributed by atoms with van der Waals surface area (Å²) in [6.45, 7) is 5.69. The molecule has 0 aliphatic carbocycles. The van der Waals surface area contributed by atoms with Gasteiger partial charge in [0.1, 0.15) is 11.0 Å². The predicted molar refractivity (Wildman–Crippen MR) is 97.6 cm³/mol. The third kappa shape index (κ3) is 7.29. The van der Waals surface area contributed by atoms with Crippen LogP contribution in [0, 0.1) is 5.41 Å². The Kier molecular flexibility index (Phi) is 8.30. The zero-order valence-corrected chi connectivity index (χ0v) is 17.4. The molecular formula is C19H31F5N2O3. The van der Waals surface area contributed by atoms with Crippen LogP contribution in [0.1, 0.15) is 66.2 Å². The molecule has 2 amide bonds. The van der Waals surface area contributed by atoms with Crippen molar-refractivity contribution in [2.24, 2.45) is 5.41 Å². The fourth-order valence-corrected chi connectivity index (χ4v) is 3.09. The SMILES string of the molecule is CCC(F)(F)CCCCNC(=O)C1(C(F)(F)F)CCN(C(=O)OC(C)(C)C)CC1. The highest BCUT2D eigenvalue weighted by molar-refractivity contribution is 5.84. The van der Waals surface area contributed by atoms with Crippen molar-refractivity contribution in [3.8, 4) is 0 Å². The standard InChI is InChI=1S/C19H31F5N2O3/c1-5-18(20,21)8-6-7-11-25-14(27)17(19(22,23)24)9-12-26(13-10-17)15(28)29-16(2,3)4/h5-13H2,1-4H3,(H,25,27). The van der Waals surface area contributed by atoms with E-state index in [1.54, 1.807) is 20.8 Å². The number of alkyl halides is 5. The predicted octanol–water partition coefficient (Wildman–Crippen LogP) is 4.90. The van der Waals surface area contributed by atoms with Crippen molar-refractivity contribution < 1.29 is 36.3 Å². The molecule has 0 aromatic rings. The number of ether oxygens (including phenoxy) is 1. The minimum absolute atomic E-state index is 0.104. The monoisotopic (exact) mass is 430 g/mol. The Balaban J connectivity index is 2.64. The number of unbranched alkanes of at least 4 members (excludes halogenated alkanes) is 1. The first kappa shape index (κ1) is 25.4. The van der Waals surface area contributed by atoms with Gasteiger partial charge < -0.3 is 15.0 Å². The number of carbonyl (C=O) groups excluding carboxylic acids is 2. The van der Waals surface area contributed by atoms with Gasteiger partial charge in [-0.2, -0.15) is 13.2 Å². The highest BCUT2D eigenvalue weighted by atomic mass is 19.4. The van der Waals surface area contributed by atoms with Crippen LogP contribution in [0.25, 0.3) is 0 Å². The topological polar surface area (TPSA) is 58.6 Å². The maximum Gasteiger partial charge on any atom is 0.410 e. The van der Waals surface area contributed by atoms with Gasteiger partial charge in [0.05, 0.1) is 0 Å². The van der Waals surface area contributed by atoms with Gasteiger partial charge in [0.15, 0.2) is 0 Å². The Bertz CT molecular complexity index is 565. The Hall–Kier alpha value is -1.61. The van der Waals surface area contributed by atoms with Crippen LogP contribution in [0.5, 0.6) is 0 Å². The van der Waals surface area contributed by atoms with Crippen molar-refractivity contribution in [1.82, 2.24) is 10.2 Å². The van der Waals surface area contributed by atoms with Crippen molar-refractivity contribution in [3.05, 3.63) is 0 Å². The smallest absolute Gasteiger partial charge is 0.410 e. The van der Waals surface area contributed by atoms with Crippen molar-refractivity contribution >= 4 is 12.0 Å². The number of hydrogen-bond acceptors (Lipinski definition) is 3. The van der Waals surface area contributed by atoms with Crippen molar-refractivity contribution in [1.29, 1.82) is 0 Å². The molecule has 0 unspecified atom stereocenters. The van der Waals surface area contributed by atoms with Crippen molar-refractivity contribution in [2.75, 3.05) is 19.6 Å². The molecule has 170 valence electrons. The molecular weight excluding hydrogens is 399 g/mol. The van der Waals surface area contributed by atoms with Crippen molar-refractivity contribution in [2.45, 2.75) is 83.9 Å². The minimum atomic E-state index is -4.79. The second-order valence-corrected chi connectivity index (χ2v) is 8.47. The molecule has 1 heterocycles. The summed E-state index contributed by atoms with van der Waals surface area (Å²) in [6, 6.07) is 0. The van der Waals surface area contributed by atoms with E-state index < -0.39 is 48.0 Å². The van der Waals surface area contributed by atoms with E-state index in [1.165, 1.54) is 6.92 Å². The Morgan fingerprint density at radius 2 is 1.59 bits per heavy atom. The number of rotatable bonds is 7. The summed E-state index contributed by atoms with van der Waals surface area (Å²) in [5.41, 5.74) is -3.37. The van der Waals surface area contributed by atoms with Gasteiger partial charge in [0, 0.05) is 32.5 Å². The fraction of sp³-hybridized carbons (Fsp3) is 0.895. The van der Waals surface area contributed by atoms with E-state index in [2.05, 4.69) is 5.32 Å². The number of amides is 2. The van der Waals surface area contributed by atoms with E-state index in [9.17, 15) is 31.5 Å². The molecule has 0 atom stereocenters. The average Bonchev–Trinajstić information content (AvgIpc) is 2.58. The van der Waals surface area contributed by atoms with Gasteiger partial charge in [0.25, 0.3) is 0 Å². The molecule has 1 saturated heterocycles. The number of carbonyl (C=O) groups is 2. The Morgan fingerprint density at radius 1 is 1.03 bits per heavy atom. The number of likely N-dealkylation sites (tertiary alicyclic amines) is 1. The molecule has 0 spiro atoms. The van der Waals surface area contributed by atoms with Crippen molar-refractivity contribution in [3.63, 3.8) is 0 Å². The van der Waals surface area contributed by atoms with Gasteiger partial charge >= 0.3 is 12.3 Å². The lowest BCUT2D eigenvalue weighted by molar-refractivity contribution is -0.232. The molecule has 5 nitrogen and oxygen atoms in total. The fourth-order valence-electron chi connectivity index (χ4n) is 3.09. The van der Waals surface area contributed by atoms with Crippen LogP contribution in [-0.2, 0) is 9.53 Å². The summed E-state index contributed by atoms with van der Waals surface area (Å²) < 4.78 is 72.7. The molecule has 1 N–H and O–H groups in total. The summed E-state index contributed by atoms with van der Waals surface area (Å²) in [5, 5.41) is 2.25. The number of nitrogens with zero attached hydrogens (tertiary/aromatic N) is 1. The van der Waals surface area contributed by atoms with E-state index >= 15 is 0 Å². The van der Waals surface area contributed by atoms with Gasteiger partial charge in [0.2, 0.25) is 11.8 Å². The summed E-state index contributed by atoms with van der Waals surface area (Å²) in [6.07, 6.45) is -7.05. The van der Waals surface area contributed by atoms with Crippen LogP contribution in [0.3, 0.4) is 0 Å². The quantitative estimate of drug-likeness (QED) is 0.462. The lowest BCUT2D eigenvalue weighted by atomic mass is 9.76. The van der Waals surface area contributed by atoms with Crippen LogP contribution in [0.2, 0.25) is 0 Å². The van der Waals surface area contributed by atoms with Crippen LogP contribution in [0.4, 0.5) is 26.7 Å². The second-order valence-electron chi connectivity index (χ2n) is 8.47. The second kappa shape index (κ2) is 9.47. The highest BCUT2D eigenvalue weighted by Crippen LogP contribution is 2.46. The van der Waals surface area contributed by atoms with Gasteiger partial charge in [-0.25, -0.2) is 13.6 Å². The van der Waals surface area contributed by atoms with Gasteiger partial charge in [-0.15, -0.1) is 0 Å². The molecule has 0 aromatic heterocycles. The Labute approximate surface area is 168 Å². The number of nitrogens with one attached hydrogen (secondary N) is 1. The first-order valence-corrected chi connectivity index (χ1v) is 9.84. The summed E-state index contributed by atoms with van der Waals surface area (Å²) in [7, 11) is 0. The maximum absolute atomic E-state index is 13.7. The molecule has 29 heavy (non-hydrogen) atoms. The molecule has 0 saturated carbocycles. The average molecular weight is 430 g/mol. The molecule has 1 aliphatic rings. The molecule has 0 aromatic carbocycles. The molecule has 1 fully saturated rings. The first-order chi connectivity index (χ1) is 13.1. The lowest BCUT2D eigenvalue weighted by Crippen LogP contribution is -2.57. The normalized spacial score (nSPS) is 17.8. The van der Waals surface area contributed by atoms with Gasteiger partial charge in [-0.05, 0) is 46.5 Å². The summed E-state index contributed by atoms with van der Waals surface area (Å²) in [4.78, 5) is 25.6. The molecule has 1 aliphatic heterocycles. The molecule has 0 bridgehead atoms. The first-order valence-electron chi connectivity index (χ1n) is 9.84. The molecule has 10 heteroatoms. The number of halogens is 5. The van der Waals surface area contributed by atoms with Crippen LogP contribution in [0.15, 0.2) is 0 Å². The third-order valence-electron chi connectivity index (χ3n) is 5.02. The zero-order valence-electron chi connectivity index (χ0n) is 17.4. The maximum atomic E-state index is 13.7. The lowest BCUT2D eigenvalue weighted by Gasteiger charge is -2.41. The summed E-state index contributed by atoms with van der Waals surface area (Å²) in [5.74, 6) is -3.97.